The van der Waals surface area contributed by atoms with Crippen molar-refractivity contribution in [2.75, 3.05) is 20.3 Å². The number of rotatable bonds is 5. The SMILES string of the molecule is COc1ccccc1-n1cnnc1SCc1cc2c(cc1Br)OCCO2. The smallest absolute Gasteiger partial charge is 0.196 e. The van der Waals surface area contributed by atoms with E-state index in [0.717, 1.165) is 38.1 Å². The fourth-order valence-corrected chi connectivity index (χ4v) is 4.24. The van der Waals surface area contributed by atoms with Crippen molar-refractivity contribution in [1.29, 1.82) is 0 Å². The molecule has 2 heterocycles. The first-order valence-electron chi connectivity index (χ1n) is 8.00. The molecule has 0 radical (unpaired) electrons. The van der Waals surface area contributed by atoms with Crippen LogP contribution in [0.25, 0.3) is 5.69 Å². The highest BCUT2D eigenvalue weighted by Gasteiger charge is 2.16. The zero-order valence-electron chi connectivity index (χ0n) is 14.0. The van der Waals surface area contributed by atoms with Gasteiger partial charge < -0.3 is 14.2 Å². The monoisotopic (exact) mass is 433 g/mol. The molecule has 0 fully saturated rings. The molecule has 0 saturated carbocycles. The second-order valence-corrected chi connectivity index (χ2v) is 7.33. The molecule has 0 amide bonds. The molecule has 1 aromatic heterocycles. The quantitative estimate of drug-likeness (QED) is 0.564. The van der Waals surface area contributed by atoms with E-state index in [9.17, 15) is 0 Å². The predicted octanol–water partition coefficient (Wildman–Crippen LogP) is 4.10. The van der Waals surface area contributed by atoms with Crippen molar-refractivity contribution in [3.05, 3.63) is 52.8 Å². The van der Waals surface area contributed by atoms with Crippen LogP contribution in [-0.2, 0) is 5.75 Å². The van der Waals surface area contributed by atoms with Gasteiger partial charge in [-0.2, -0.15) is 0 Å². The predicted molar refractivity (Wildman–Crippen MR) is 103 cm³/mol. The summed E-state index contributed by atoms with van der Waals surface area (Å²) in [6.07, 6.45) is 1.69. The summed E-state index contributed by atoms with van der Waals surface area (Å²) in [5.74, 6) is 3.04. The number of thioether (sulfide) groups is 1. The molecule has 1 aliphatic rings. The molecule has 4 rings (SSSR count). The lowest BCUT2D eigenvalue weighted by Crippen LogP contribution is -2.15. The summed E-state index contributed by atoms with van der Waals surface area (Å²) in [5, 5.41) is 9.10. The largest absolute Gasteiger partial charge is 0.495 e. The Morgan fingerprint density at radius 1 is 1.19 bits per heavy atom. The fourth-order valence-electron chi connectivity index (χ4n) is 2.68. The number of aromatic nitrogens is 3. The van der Waals surface area contributed by atoms with Crippen molar-refractivity contribution in [3.63, 3.8) is 0 Å². The Bertz CT molecular complexity index is 932. The van der Waals surface area contributed by atoms with Crippen LogP contribution in [0.4, 0.5) is 0 Å². The third kappa shape index (κ3) is 3.39. The van der Waals surface area contributed by atoms with E-state index in [1.165, 1.54) is 0 Å². The van der Waals surface area contributed by atoms with Gasteiger partial charge in [0.2, 0.25) is 0 Å². The second kappa shape index (κ2) is 7.59. The number of halogens is 1. The summed E-state index contributed by atoms with van der Waals surface area (Å²) in [4.78, 5) is 0. The Balaban J connectivity index is 1.58. The number of ether oxygens (including phenoxy) is 3. The van der Waals surface area contributed by atoms with Gasteiger partial charge in [0.25, 0.3) is 0 Å². The van der Waals surface area contributed by atoms with Crippen molar-refractivity contribution in [2.24, 2.45) is 0 Å². The minimum absolute atomic E-state index is 0.573. The van der Waals surface area contributed by atoms with E-state index in [1.807, 2.05) is 41.0 Å². The fraction of sp³-hybridized carbons (Fsp3) is 0.222. The maximum absolute atomic E-state index is 5.67. The van der Waals surface area contributed by atoms with E-state index >= 15 is 0 Å². The van der Waals surface area contributed by atoms with Gasteiger partial charge in [0.15, 0.2) is 16.7 Å². The number of hydrogen-bond acceptors (Lipinski definition) is 6. The van der Waals surface area contributed by atoms with E-state index in [0.29, 0.717) is 19.0 Å². The van der Waals surface area contributed by atoms with Crippen molar-refractivity contribution < 1.29 is 14.2 Å². The third-order valence-electron chi connectivity index (χ3n) is 3.93. The molecule has 1 aliphatic heterocycles. The summed E-state index contributed by atoms with van der Waals surface area (Å²) in [7, 11) is 1.66. The van der Waals surface area contributed by atoms with Gasteiger partial charge in [0, 0.05) is 10.2 Å². The zero-order valence-corrected chi connectivity index (χ0v) is 16.4. The van der Waals surface area contributed by atoms with Gasteiger partial charge in [-0.3, -0.25) is 4.57 Å². The van der Waals surface area contributed by atoms with Crippen LogP contribution in [0.1, 0.15) is 5.56 Å². The van der Waals surface area contributed by atoms with Crippen LogP contribution in [0.3, 0.4) is 0 Å². The molecule has 0 aliphatic carbocycles. The molecular formula is C18H16BrN3O3S. The van der Waals surface area contributed by atoms with Crippen molar-refractivity contribution >= 4 is 27.7 Å². The molecule has 0 atom stereocenters. The Morgan fingerprint density at radius 2 is 1.96 bits per heavy atom. The number of methoxy groups -OCH3 is 1. The lowest BCUT2D eigenvalue weighted by molar-refractivity contribution is 0.171. The molecule has 0 bridgehead atoms. The topological polar surface area (TPSA) is 58.4 Å². The van der Waals surface area contributed by atoms with E-state index in [4.69, 9.17) is 14.2 Å². The second-order valence-electron chi connectivity index (χ2n) is 5.53. The van der Waals surface area contributed by atoms with Crippen LogP contribution in [0.15, 0.2) is 52.4 Å². The van der Waals surface area contributed by atoms with Gasteiger partial charge in [-0.05, 0) is 29.8 Å². The highest BCUT2D eigenvalue weighted by molar-refractivity contribution is 9.10. The highest BCUT2D eigenvalue weighted by atomic mass is 79.9. The van der Waals surface area contributed by atoms with Crippen LogP contribution >= 0.6 is 27.7 Å². The molecule has 2 aromatic carbocycles. The van der Waals surface area contributed by atoms with Gasteiger partial charge in [-0.25, -0.2) is 0 Å². The maximum atomic E-state index is 5.67. The lowest BCUT2D eigenvalue weighted by atomic mass is 10.2. The van der Waals surface area contributed by atoms with Gasteiger partial charge in [-0.15, -0.1) is 10.2 Å². The Kier molecular flexibility index (Phi) is 5.03. The normalized spacial score (nSPS) is 12.8. The molecule has 26 heavy (non-hydrogen) atoms. The van der Waals surface area contributed by atoms with Crippen LogP contribution in [0.2, 0.25) is 0 Å². The molecule has 0 unspecified atom stereocenters. The van der Waals surface area contributed by atoms with Gasteiger partial charge in [-0.1, -0.05) is 39.8 Å². The van der Waals surface area contributed by atoms with Crippen LogP contribution in [0, 0.1) is 0 Å². The van der Waals surface area contributed by atoms with E-state index in [2.05, 4.69) is 26.1 Å². The highest BCUT2D eigenvalue weighted by Crippen LogP contribution is 2.38. The standard InChI is InChI=1S/C18H16BrN3O3S/c1-23-15-5-3-2-4-14(15)22-11-20-21-18(22)26-10-12-8-16-17(9-13(12)19)25-7-6-24-16/h2-5,8-9,11H,6-7,10H2,1H3. The lowest BCUT2D eigenvalue weighted by Gasteiger charge is -2.19. The number of nitrogens with zero attached hydrogens (tertiary/aromatic N) is 3. The molecule has 134 valence electrons. The number of para-hydroxylation sites is 2. The van der Waals surface area contributed by atoms with Gasteiger partial charge >= 0.3 is 0 Å². The average Bonchev–Trinajstić information content (AvgIpc) is 3.14. The first-order chi connectivity index (χ1) is 12.8. The number of hydrogen-bond donors (Lipinski definition) is 0. The molecule has 3 aromatic rings. The Labute approximate surface area is 163 Å². The molecule has 0 spiro atoms. The molecule has 0 saturated heterocycles. The summed E-state index contributed by atoms with van der Waals surface area (Å²) in [6.45, 7) is 1.15. The van der Waals surface area contributed by atoms with Crippen LogP contribution < -0.4 is 14.2 Å². The average molecular weight is 434 g/mol. The number of benzene rings is 2. The van der Waals surface area contributed by atoms with Gasteiger partial charge in [0.05, 0.1) is 12.8 Å². The number of fused-ring (bicyclic) bond motifs is 1. The van der Waals surface area contributed by atoms with Crippen LogP contribution in [0.5, 0.6) is 17.2 Å². The summed E-state index contributed by atoms with van der Waals surface area (Å²) >= 11 is 5.21. The summed E-state index contributed by atoms with van der Waals surface area (Å²) in [6, 6.07) is 11.8. The minimum atomic E-state index is 0.573. The molecule has 0 N–H and O–H groups in total. The molecular weight excluding hydrogens is 418 g/mol. The van der Waals surface area contributed by atoms with Crippen molar-refractivity contribution in [3.8, 4) is 22.9 Å². The van der Waals surface area contributed by atoms with E-state index in [1.54, 1.807) is 25.2 Å². The third-order valence-corrected chi connectivity index (χ3v) is 5.66. The van der Waals surface area contributed by atoms with Gasteiger partial charge in [0.1, 0.15) is 25.3 Å². The van der Waals surface area contributed by atoms with Crippen LogP contribution in [-0.4, -0.2) is 35.1 Å². The zero-order chi connectivity index (χ0) is 17.9. The van der Waals surface area contributed by atoms with E-state index in [-0.39, 0.29) is 0 Å². The van der Waals surface area contributed by atoms with Crippen molar-refractivity contribution in [1.82, 2.24) is 14.8 Å². The maximum Gasteiger partial charge on any atom is 0.196 e. The van der Waals surface area contributed by atoms with Crippen molar-refractivity contribution in [2.45, 2.75) is 10.9 Å². The summed E-state index contributed by atoms with van der Waals surface area (Å²) < 4.78 is 19.6. The Morgan fingerprint density at radius 3 is 2.77 bits per heavy atom. The first kappa shape index (κ1) is 17.2. The minimum Gasteiger partial charge on any atom is -0.495 e. The summed E-state index contributed by atoms with van der Waals surface area (Å²) in [5.41, 5.74) is 2.01. The van der Waals surface area contributed by atoms with E-state index < -0.39 is 0 Å². The molecule has 6 nitrogen and oxygen atoms in total. The Hall–Kier alpha value is -2.19. The first-order valence-corrected chi connectivity index (χ1v) is 9.78. The molecule has 8 heteroatoms.